The third-order valence-electron chi connectivity index (χ3n) is 4.60. The molecule has 24 heavy (non-hydrogen) atoms. The van der Waals surface area contributed by atoms with Crippen molar-refractivity contribution in [3.8, 4) is 0 Å². The predicted molar refractivity (Wildman–Crippen MR) is 87.4 cm³/mol. The van der Waals surface area contributed by atoms with E-state index in [1.54, 1.807) is 11.3 Å². The summed E-state index contributed by atoms with van der Waals surface area (Å²) < 4.78 is 32.1. The zero-order valence-electron chi connectivity index (χ0n) is 14.1. The van der Waals surface area contributed by atoms with Crippen LogP contribution in [-0.4, -0.2) is 65.5 Å². The number of morpholine rings is 1. The van der Waals surface area contributed by atoms with Crippen LogP contribution >= 0.6 is 11.3 Å². The Bertz CT molecular complexity index is 598. The summed E-state index contributed by atoms with van der Waals surface area (Å²) in [5.41, 5.74) is 1.03. The lowest BCUT2D eigenvalue weighted by molar-refractivity contribution is -0.155. The number of piperidine rings is 1. The lowest BCUT2D eigenvalue weighted by Crippen LogP contribution is -2.53. The van der Waals surface area contributed by atoms with Crippen LogP contribution in [0, 0.1) is 13.8 Å². The first kappa shape index (κ1) is 17.7. The topological polar surface area (TPSA) is 45.7 Å². The minimum atomic E-state index is -2.64. The number of ether oxygens (including phenoxy) is 1. The van der Waals surface area contributed by atoms with E-state index in [2.05, 4.69) is 9.88 Å². The quantitative estimate of drug-likeness (QED) is 0.830. The Balaban J connectivity index is 1.57. The Morgan fingerprint density at radius 1 is 1.33 bits per heavy atom. The van der Waals surface area contributed by atoms with Crippen LogP contribution in [0.15, 0.2) is 0 Å². The van der Waals surface area contributed by atoms with Crippen LogP contribution in [0.5, 0.6) is 0 Å². The largest absolute Gasteiger partial charge is 0.366 e. The van der Waals surface area contributed by atoms with E-state index in [9.17, 15) is 13.6 Å². The number of aromatic nitrogens is 1. The smallest absolute Gasteiger partial charge is 0.253 e. The molecule has 0 radical (unpaired) electrons. The molecule has 0 bridgehead atoms. The number of hydrogen-bond acceptors (Lipinski definition) is 5. The van der Waals surface area contributed by atoms with E-state index in [0.29, 0.717) is 13.2 Å². The molecule has 1 unspecified atom stereocenters. The zero-order valence-corrected chi connectivity index (χ0v) is 14.9. The summed E-state index contributed by atoms with van der Waals surface area (Å²) in [6, 6.07) is 0. The van der Waals surface area contributed by atoms with Crippen LogP contribution in [0.2, 0.25) is 0 Å². The summed E-state index contributed by atoms with van der Waals surface area (Å²) in [6.45, 7) is 6.70. The normalized spacial score (nSPS) is 25.0. The van der Waals surface area contributed by atoms with Crippen molar-refractivity contribution in [1.82, 2.24) is 14.8 Å². The third-order valence-corrected chi connectivity index (χ3v) is 5.66. The maximum absolute atomic E-state index is 13.2. The molecule has 0 N–H and O–H groups in total. The molecule has 2 saturated heterocycles. The van der Waals surface area contributed by atoms with Crippen molar-refractivity contribution < 1.29 is 18.3 Å². The van der Waals surface area contributed by atoms with E-state index in [1.807, 2.05) is 13.8 Å². The van der Waals surface area contributed by atoms with Crippen LogP contribution in [-0.2, 0) is 16.1 Å². The molecule has 1 atom stereocenters. The highest BCUT2D eigenvalue weighted by Gasteiger charge is 2.38. The van der Waals surface area contributed by atoms with Gasteiger partial charge in [-0.2, -0.15) is 0 Å². The fourth-order valence-electron chi connectivity index (χ4n) is 3.18. The Morgan fingerprint density at radius 2 is 2.04 bits per heavy atom. The van der Waals surface area contributed by atoms with E-state index >= 15 is 0 Å². The van der Waals surface area contributed by atoms with E-state index in [0.717, 1.165) is 23.8 Å². The van der Waals surface area contributed by atoms with Crippen molar-refractivity contribution in [3.63, 3.8) is 0 Å². The SMILES string of the molecule is Cc1nc(C)c(CN2CCOC(C(=O)N3CCC(F)(F)CC3)C2)s1. The molecule has 3 heterocycles. The molecule has 0 spiro atoms. The predicted octanol–water partition coefficient (Wildman–Crippen LogP) is 2.22. The van der Waals surface area contributed by atoms with E-state index < -0.39 is 12.0 Å². The molecule has 0 saturated carbocycles. The van der Waals surface area contributed by atoms with Gasteiger partial charge in [-0.1, -0.05) is 0 Å². The summed E-state index contributed by atoms with van der Waals surface area (Å²) >= 11 is 1.67. The van der Waals surface area contributed by atoms with Crippen molar-refractivity contribution in [2.24, 2.45) is 0 Å². The number of nitrogens with zero attached hydrogens (tertiary/aromatic N) is 3. The second kappa shape index (κ2) is 7.01. The lowest BCUT2D eigenvalue weighted by Gasteiger charge is -2.37. The fourth-order valence-corrected chi connectivity index (χ4v) is 4.16. The summed E-state index contributed by atoms with van der Waals surface area (Å²) in [7, 11) is 0. The lowest BCUT2D eigenvalue weighted by atomic mass is 10.1. The Kier molecular flexibility index (Phi) is 5.17. The maximum atomic E-state index is 13.2. The summed E-state index contributed by atoms with van der Waals surface area (Å²) in [5.74, 6) is -2.80. The highest BCUT2D eigenvalue weighted by Crippen LogP contribution is 2.28. The zero-order chi connectivity index (χ0) is 17.3. The van der Waals surface area contributed by atoms with Gasteiger partial charge < -0.3 is 9.64 Å². The van der Waals surface area contributed by atoms with Crippen LogP contribution < -0.4 is 0 Å². The van der Waals surface area contributed by atoms with E-state index in [4.69, 9.17) is 4.74 Å². The standard InChI is InChI=1S/C16H23F2N3O2S/c1-11-14(24-12(2)19-11)10-20-7-8-23-13(9-20)15(22)21-5-3-16(17,18)4-6-21/h13H,3-10H2,1-2H3. The van der Waals surface area contributed by atoms with Crippen molar-refractivity contribution >= 4 is 17.2 Å². The Labute approximate surface area is 144 Å². The number of rotatable bonds is 3. The fraction of sp³-hybridized carbons (Fsp3) is 0.750. The molecule has 1 aromatic rings. The monoisotopic (exact) mass is 359 g/mol. The third kappa shape index (κ3) is 4.10. The molecule has 8 heteroatoms. The van der Waals surface area contributed by atoms with Crippen molar-refractivity contribution in [2.45, 2.75) is 45.3 Å². The highest BCUT2D eigenvalue weighted by molar-refractivity contribution is 7.11. The Hall–Kier alpha value is -1.12. The van der Waals surface area contributed by atoms with Crippen LogP contribution in [0.1, 0.15) is 28.4 Å². The van der Waals surface area contributed by atoms with Gasteiger partial charge in [0.2, 0.25) is 0 Å². The number of halogens is 2. The average molecular weight is 359 g/mol. The molecule has 2 aliphatic heterocycles. The summed E-state index contributed by atoms with van der Waals surface area (Å²) in [5, 5.41) is 1.04. The Morgan fingerprint density at radius 3 is 2.67 bits per heavy atom. The molecular weight excluding hydrogens is 336 g/mol. The second-order valence-corrected chi connectivity index (χ2v) is 7.81. The van der Waals surface area contributed by atoms with Crippen molar-refractivity contribution in [3.05, 3.63) is 15.6 Å². The number of aryl methyl sites for hydroxylation is 2. The van der Waals surface area contributed by atoms with Gasteiger partial charge in [-0.05, 0) is 13.8 Å². The van der Waals surface area contributed by atoms with Gasteiger partial charge in [-0.3, -0.25) is 9.69 Å². The molecule has 134 valence electrons. The van der Waals surface area contributed by atoms with Gasteiger partial charge in [0, 0.05) is 50.4 Å². The van der Waals surface area contributed by atoms with Crippen LogP contribution in [0.25, 0.3) is 0 Å². The molecule has 5 nitrogen and oxygen atoms in total. The van der Waals surface area contributed by atoms with Gasteiger partial charge in [-0.25, -0.2) is 13.8 Å². The minimum absolute atomic E-state index is 0.110. The van der Waals surface area contributed by atoms with Gasteiger partial charge in [0.1, 0.15) is 6.10 Å². The number of carbonyl (C=O) groups excluding carboxylic acids is 1. The van der Waals surface area contributed by atoms with Gasteiger partial charge in [0.05, 0.1) is 17.3 Å². The van der Waals surface area contributed by atoms with Crippen LogP contribution in [0.3, 0.4) is 0 Å². The number of thiazole rings is 1. The number of amides is 1. The molecule has 0 aromatic carbocycles. The molecule has 3 rings (SSSR count). The van der Waals surface area contributed by atoms with Crippen LogP contribution in [0.4, 0.5) is 8.78 Å². The first-order valence-corrected chi connectivity index (χ1v) is 9.09. The molecule has 1 aromatic heterocycles. The first-order valence-electron chi connectivity index (χ1n) is 8.27. The average Bonchev–Trinajstić information content (AvgIpc) is 2.84. The molecule has 0 aliphatic carbocycles. The second-order valence-electron chi connectivity index (χ2n) is 6.52. The van der Waals surface area contributed by atoms with Gasteiger partial charge in [-0.15, -0.1) is 11.3 Å². The molecule has 2 fully saturated rings. The number of hydrogen-bond donors (Lipinski definition) is 0. The summed E-state index contributed by atoms with van der Waals surface area (Å²) in [6.07, 6.45) is -1.07. The van der Waals surface area contributed by atoms with Gasteiger partial charge in [0.25, 0.3) is 11.8 Å². The minimum Gasteiger partial charge on any atom is -0.366 e. The van der Waals surface area contributed by atoms with Gasteiger partial charge >= 0.3 is 0 Å². The number of alkyl halides is 2. The maximum Gasteiger partial charge on any atom is 0.253 e. The van der Waals surface area contributed by atoms with Crippen molar-refractivity contribution in [1.29, 1.82) is 0 Å². The highest BCUT2D eigenvalue weighted by atomic mass is 32.1. The number of carbonyl (C=O) groups is 1. The van der Waals surface area contributed by atoms with E-state index in [-0.39, 0.29) is 31.8 Å². The first-order chi connectivity index (χ1) is 11.3. The summed E-state index contributed by atoms with van der Waals surface area (Å²) in [4.78, 5) is 21.9. The van der Waals surface area contributed by atoms with E-state index in [1.165, 1.54) is 9.78 Å². The molecule has 1 amide bonds. The molecule has 2 aliphatic rings. The van der Waals surface area contributed by atoms with Crippen molar-refractivity contribution in [2.75, 3.05) is 32.8 Å². The molecular formula is C16H23F2N3O2S. The van der Waals surface area contributed by atoms with Gasteiger partial charge in [0.15, 0.2) is 0 Å². The number of likely N-dealkylation sites (tertiary alicyclic amines) is 1.